The highest BCUT2D eigenvalue weighted by Crippen LogP contribution is 2.14. The summed E-state index contributed by atoms with van der Waals surface area (Å²) in [5.41, 5.74) is 1.19. The molecule has 0 aliphatic carbocycles. The Balaban J connectivity index is 1.87. The molecule has 6 nitrogen and oxygen atoms in total. The molecule has 0 N–H and O–H groups in total. The summed E-state index contributed by atoms with van der Waals surface area (Å²) in [5, 5.41) is 8.43. The monoisotopic (exact) mass is 254 g/mol. The van der Waals surface area contributed by atoms with Crippen LogP contribution in [0.25, 0.3) is 0 Å². The summed E-state index contributed by atoms with van der Waals surface area (Å²) in [7, 11) is 0. The van der Waals surface area contributed by atoms with Gasteiger partial charge in [-0.15, -0.1) is 0 Å². The van der Waals surface area contributed by atoms with Gasteiger partial charge in [-0.1, -0.05) is 30.3 Å². The van der Waals surface area contributed by atoms with Gasteiger partial charge >= 0.3 is 0 Å². The lowest BCUT2D eigenvalue weighted by atomic mass is 10.2. The molecule has 0 radical (unpaired) electrons. The Bertz CT molecular complexity index is 628. The number of benzene rings is 1. The van der Waals surface area contributed by atoms with Crippen LogP contribution in [0.2, 0.25) is 0 Å². The van der Waals surface area contributed by atoms with Crippen molar-refractivity contribution in [2.75, 3.05) is 0 Å². The second-order valence-electron chi connectivity index (χ2n) is 4.31. The standard InChI is InChI=1S/C13H14N6/c1-11(19-10-14-8-16-19)13-15-9-17-18(13)7-12-5-3-2-4-6-12/h2-6,8-11H,7H2,1H3/t11-/m0/s1. The van der Waals surface area contributed by atoms with Gasteiger partial charge in [0, 0.05) is 0 Å². The molecule has 0 saturated heterocycles. The van der Waals surface area contributed by atoms with Crippen molar-refractivity contribution < 1.29 is 0 Å². The quantitative estimate of drug-likeness (QED) is 0.708. The zero-order valence-corrected chi connectivity index (χ0v) is 10.6. The summed E-state index contributed by atoms with van der Waals surface area (Å²) < 4.78 is 3.66. The first-order valence-electron chi connectivity index (χ1n) is 6.10. The molecule has 0 fully saturated rings. The molecule has 96 valence electrons. The smallest absolute Gasteiger partial charge is 0.151 e. The number of nitrogens with zero attached hydrogens (tertiary/aromatic N) is 6. The maximum absolute atomic E-state index is 4.33. The summed E-state index contributed by atoms with van der Waals surface area (Å²) in [5.74, 6) is 0.870. The predicted molar refractivity (Wildman–Crippen MR) is 69.4 cm³/mol. The Kier molecular flexibility index (Phi) is 3.06. The fourth-order valence-corrected chi connectivity index (χ4v) is 2.01. The van der Waals surface area contributed by atoms with Gasteiger partial charge in [0.2, 0.25) is 0 Å². The van der Waals surface area contributed by atoms with Crippen LogP contribution in [-0.2, 0) is 6.54 Å². The van der Waals surface area contributed by atoms with Gasteiger partial charge in [-0.05, 0) is 12.5 Å². The molecule has 0 spiro atoms. The van der Waals surface area contributed by atoms with E-state index in [4.69, 9.17) is 0 Å². The highest BCUT2D eigenvalue weighted by Gasteiger charge is 2.15. The van der Waals surface area contributed by atoms with E-state index in [1.54, 1.807) is 17.3 Å². The van der Waals surface area contributed by atoms with Gasteiger partial charge in [0.05, 0.1) is 6.54 Å². The van der Waals surface area contributed by atoms with Gasteiger partial charge in [-0.3, -0.25) is 0 Å². The lowest BCUT2D eigenvalue weighted by Crippen LogP contribution is -2.15. The van der Waals surface area contributed by atoms with Crippen molar-refractivity contribution in [3.05, 3.63) is 60.7 Å². The van der Waals surface area contributed by atoms with Crippen molar-refractivity contribution in [3.63, 3.8) is 0 Å². The average molecular weight is 254 g/mol. The minimum atomic E-state index is 0.00807. The summed E-state index contributed by atoms with van der Waals surface area (Å²) in [6.45, 7) is 2.73. The summed E-state index contributed by atoms with van der Waals surface area (Å²) in [6, 6.07) is 10.2. The minimum Gasteiger partial charge on any atom is -0.244 e. The Morgan fingerprint density at radius 2 is 1.95 bits per heavy atom. The maximum atomic E-state index is 4.33. The molecule has 0 aliphatic heterocycles. The molecule has 0 unspecified atom stereocenters. The van der Waals surface area contributed by atoms with E-state index in [-0.39, 0.29) is 6.04 Å². The van der Waals surface area contributed by atoms with E-state index < -0.39 is 0 Å². The molecule has 2 aromatic heterocycles. The van der Waals surface area contributed by atoms with Crippen LogP contribution in [0.1, 0.15) is 24.4 Å². The van der Waals surface area contributed by atoms with Crippen LogP contribution in [0.15, 0.2) is 49.3 Å². The highest BCUT2D eigenvalue weighted by molar-refractivity contribution is 5.15. The van der Waals surface area contributed by atoms with E-state index in [1.165, 1.54) is 11.9 Å². The van der Waals surface area contributed by atoms with E-state index in [9.17, 15) is 0 Å². The van der Waals surface area contributed by atoms with Gasteiger partial charge < -0.3 is 0 Å². The molecule has 0 saturated carbocycles. The van der Waals surface area contributed by atoms with Crippen molar-refractivity contribution in [1.29, 1.82) is 0 Å². The molecule has 19 heavy (non-hydrogen) atoms. The molecule has 1 atom stereocenters. The highest BCUT2D eigenvalue weighted by atomic mass is 15.4. The van der Waals surface area contributed by atoms with E-state index in [0.717, 1.165) is 5.82 Å². The molecule has 3 aromatic rings. The lowest BCUT2D eigenvalue weighted by Gasteiger charge is -2.12. The summed E-state index contributed by atoms with van der Waals surface area (Å²) in [4.78, 5) is 8.29. The largest absolute Gasteiger partial charge is 0.244 e. The van der Waals surface area contributed by atoms with Crippen LogP contribution in [0.4, 0.5) is 0 Å². The Morgan fingerprint density at radius 3 is 2.68 bits per heavy atom. The molecule has 2 heterocycles. The number of aromatic nitrogens is 6. The van der Waals surface area contributed by atoms with E-state index >= 15 is 0 Å². The van der Waals surface area contributed by atoms with Crippen molar-refractivity contribution in [2.24, 2.45) is 0 Å². The Morgan fingerprint density at radius 1 is 1.11 bits per heavy atom. The lowest BCUT2D eigenvalue weighted by molar-refractivity contribution is 0.495. The molecule has 1 aromatic carbocycles. The van der Waals surface area contributed by atoms with Crippen LogP contribution < -0.4 is 0 Å². The summed E-state index contributed by atoms with van der Waals surface area (Å²) >= 11 is 0. The number of hydrogen-bond acceptors (Lipinski definition) is 4. The van der Waals surface area contributed by atoms with Crippen molar-refractivity contribution >= 4 is 0 Å². The fourth-order valence-electron chi connectivity index (χ4n) is 2.01. The van der Waals surface area contributed by atoms with Crippen LogP contribution >= 0.6 is 0 Å². The summed E-state index contributed by atoms with van der Waals surface area (Å²) in [6.07, 6.45) is 4.78. The van der Waals surface area contributed by atoms with Gasteiger partial charge in [0.25, 0.3) is 0 Å². The first kappa shape index (κ1) is 11.6. The molecular weight excluding hydrogens is 240 g/mol. The van der Waals surface area contributed by atoms with Crippen molar-refractivity contribution in [1.82, 2.24) is 29.5 Å². The minimum absolute atomic E-state index is 0.00807. The van der Waals surface area contributed by atoms with Crippen LogP contribution in [-0.4, -0.2) is 29.5 Å². The van der Waals surface area contributed by atoms with Gasteiger partial charge in [-0.2, -0.15) is 10.2 Å². The number of hydrogen-bond donors (Lipinski definition) is 0. The second kappa shape index (κ2) is 5.01. The van der Waals surface area contributed by atoms with Gasteiger partial charge in [-0.25, -0.2) is 19.3 Å². The zero-order valence-electron chi connectivity index (χ0n) is 10.6. The molecule has 0 amide bonds. The molecule has 0 aliphatic rings. The third-order valence-electron chi connectivity index (χ3n) is 3.03. The average Bonchev–Trinajstić information content (AvgIpc) is 3.10. The maximum Gasteiger partial charge on any atom is 0.151 e. The first-order valence-corrected chi connectivity index (χ1v) is 6.10. The van der Waals surface area contributed by atoms with Crippen LogP contribution in [0.3, 0.4) is 0 Å². The van der Waals surface area contributed by atoms with Crippen molar-refractivity contribution in [3.8, 4) is 0 Å². The Labute approximate surface area is 110 Å². The van der Waals surface area contributed by atoms with Crippen LogP contribution in [0.5, 0.6) is 0 Å². The molecular formula is C13H14N6. The van der Waals surface area contributed by atoms with Gasteiger partial charge in [0.1, 0.15) is 25.0 Å². The van der Waals surface area contributed by atoms with Gasteiger partial charge in [0.15, 0.2) is 5.82 Å². The van der Waals surface area contributed by atoms with Crippen molar-refractivity contribution in [2.45, 2.75) is 19.5 Å². The normalized spacial score (nSPS) is 12.5. The topological polar surface area (TPSA) is 61.4 Å². The SMILES string of the molecule is C[C@@H](c1ncnn1Cc1ccccc1)n1cncn1. The predicted octanol–water partition coefficient (Wildman–Crippen LogP) is 1.53. The Hall–Kier alpha value is -2.50. The first-order chi connectivity index (χ1) is 9.34. The molecule has 0 bridgehead atoms. The molecule has 3 rings (SSSR count). The third-order valence-corrected chi connectivity index (χ3v) is 3.03. The fraction of sp³-hybridized carbons (Fsp3) is 0.231. The third kappa shape index (κ3) is 2.37. The van der Waals surface area contributed by atoms with E-state index in [2.05, 4.69) is 32.3 Å². The molecule has 6 heteroatoms. The second-order valence-corrected chi connectivity index (χ2v) is 4.31. The van der Waals surface area contributed by atoms with E-state index in [0.29, 0.717) is 6.54 Å². The van der Waals surface area contributed by atoms with Crippen LogP contribution in [0, 0.1) is 0 Å². The zero-order chi connectivity index (χ0) is 13.1. The van der Waals surface area contributed by atoms with E-state index in [1.807, 2.05) is 29.8 Å². The number of rotatable bonds is 4.